The molecule has 26 heavy (non-hydrogen) atoms. The molecule has 1 aromatic heterocycles. The van der Waals surface area contributed by atoms with E-state index in [2.05, 4.69) is 47.7 Å². The number of hydrogen-bond acceptors (Lipinski definition) is 1. The lowest BCUT2D eigenvalue weighted by Gasteiger charge is -2.18. The molecule has 0 N–H and O–H groups in total. The van der Waals surface area contributed by atoms with Gasteiger partial charge in [-0.25, -0.2) is 4.39 Å². The number of pyridine rings is 1. The normalized spacial score (nSPS) is 14.1. The second-order valence-corrected chi connectivity index (χ2v) is 7.42. The maximum absolute atomic E-state index is 13.5. The van der Waals surface area contributed by atoms with Crippen LogP contribution in [0.15, 0.2) is 58.7 Å². The molecule has 3 heteroatoms. The van der Waals surface area contributed by atoms with Crippen LogP contribution in [0.25, 0.3) is 28.5 Å². The maximum atomic E-state index is 13.5. The first kappa shape index (κ1) is 17.4. The third-order valence-corrected chi connectivity index (χ3v) is 5.24. The van der Waals surface area contributed by atoms with E-state index in [-0.39, 0.29) is 5.82 Å². The van der Waals surface area contributed by atoms with Gasteiger partial charge in [-0.2, -0.15) is 0 Å². The number of rotatable bonds is 4. The van der Waals surface area contributed by atoms with Crippen LogP contribution in [-0.2, 0) is 0 Å². The van der Waals surface area contributed by atoms with Crippen LogP contribution in [0.5, 0.6) is 0 Å². The monoisotopic (exact) mass is 455 g/mol. The van der Waals surface area contributed by atoms with Crippen molar-refractivity contribution in [2.45, 2.75) is 25.7 Å². The maximum Gasteiger partial charge on any atom is 0.123 e. The highest BCUT2D eigenvalue weighted by Gasteiger charge is 2.30. The van der Waals surface area contributed by atoms with Gasteiger partial charge in [0.25, 0.3) is 0 Å². The van der Waals surface area contributed by atoms with Gasteiger partial charge >= 0.3 is 0 Å². The summed E-state index contributed by atoms with van der Waals surface area (Å²) in [5.41, 5.74) is 7.82. The van der Waals surface area contributed by atoms with Crippen LogP contribution in [0, 0.1) is 12.7 Å². The summed E-state index contributed by atoms with van der Waals surface area (Å²) < 4.78 is 15.5. The molecule has 0 atom stereocenters. The number of hydrogen-bond donors (Lipinski definition) is 0. The van der Waals surface area contributed by atoms with E-state index in [0.29, 0.717) is 5.92 Å². The van der Waals surface area contributed by atoms with Crippen LogP contribution in [0.4, 0.5) is 4.39 Å². The molecule has 4 rings (SSSR count). The molecule has 0 unspecified atom stereocenters. The number of halogens is 2. The molecule has 1 saturated carbocycles. The van der Waals surface area contributed by atoms with Gasteiger partial charge in [0.05, 0.1) is 11.4 Å². The van der Waals surface area contributed by atoms with E-state index >= 15 is 0 Å². The molecule has 1 heterocycles. The Hall–Kier alpha value is -2.01. The average Bonchev–Trinajstić information content (AvgIpc) is 3.49. The quantitative estimate of drug-likeness (QED) is 0.381. The SMILES string of the molecule is Cc1c(-c2ccccc2)nc(C2CC2)c(/C=C/I)c1-c1ccc(F)cc1. The summed E-state index contributed by atoms with van der Waals surface area (Å²) >= 11 is 2.26. The lowest BCUT2D eigenvalue weighted by molar-refractivity contribution is 0.628. The zero-order valence-electron chi connectivity index (χ0n) is 14.5. The molecule has 0 aliphatic heterocycles. The highest BCUT2D eigenvalue weighted by atomic mass is 127. The van der Waals surface area contributed by atoms with Crippen molar-refractivity contribution < 1.29 is 4.39 Å². The van der Waals surface area contributed by atoms with Crippen molar-refractivity contribution in [3.63, 3.8) is 0 Å². The van der Waals surface area contributed by atoms with Gasteiger partial charge < -0.3 is 0 Å². The largest absolute Gasteiger partial charge is 0.252 e. The minimum Gasteiger partial charge on any atom is -0.252 e. The van der Waals surface area contributed by atoms with Crippen molar-refractivity contribution in [2.24, 2.45) is 0 Å². The van der Waals surface area contributed by atoms with E-state index in [9.17, 15) is 4.39 Å². The fourth-order valence-corrected chi connectivity index (χ4v) is 3.84. The Bertz CT molecular complexity index is 958. The fourth-order valence-electron chi connectivity index (χ4n) is 3.48. The molecule has 3 aromatic rings. The third-order valence-electron chi connectivity index (χ3n) is 4.88. The van der Waals surface area contributed by atoms with Crippen molar-refractivity contribution in [3.8, 4) is 22.4 Å². The zero-order chi connectivity index (χ0) is 18.1. The molecule has 1 fully saturated rings. The Morgan fingerprint density at radius 3 is 2.31 bits per heavy atom. The Labute approximate surface area is 167 Å². The number of aromatic nitrogens is 1. The Kier molecular flexibility index (Phi) is 4.90. The fraction of sp³-hybridized carbons (Fsp3) is 0.174. The molecule has 0 amide bonds. The standard InChI is InChI=1S/C23H19FIN/c1-15-21(16-9-11-19(24)12-10-16)20(13-14-25)23(18-7-8-18)26-22(15)17-5-3-2-4-6-17/h2-6,9-14,18H,7-8H2,1H3/b14-13+. The van der Waals surface area contributed by atoms with Crippen LogP contribution in [0.3, 0.4) is 0 Å². The van der Waals surface area contributed by atoms with Gasteiger partial charge in [-0.15, -0.1) is 0 Å². The highest BCUT2D eigenvalue weighted by Crippen LogP contribution is 2.46. The molecule has 0 bridgehead atoms. The summed E-state index contributed by atoms with van der Waals surface area (Å²) in [6.07, 6.45) is 4.52. The molecular formula is C23H19FIN. The van der Waals surface area contributed by atoms with Gasteiger partial charge in [0, 0.05) is 17.0 Å². The zero-order valence-corrected chi connectivity index (χ0v) is 16.7. The molecule has 0 radical (unpaired) electrons. The van der Waals surface area contributed by atoms with E-state index in [4.69, 9.17) is 4.98 Å². The summed E-state index contributed by atoms with van der Waals surface area (Å²) in [5, 5.41) is 0. The van der Waals surface area contributed by atoms with Crippen molar-refractivity contribution in [1.29, 1.82) is 0 Å². The minimum absolute atomic E-state index is 0.211. The second kappa shape index (κ2) is 7.31. The van der Waals surface area contributed by atoms with E-state index in [1.54, 1.807) is 0 Å². The number of nitrogens with zero attached hydrogens (tertiary/aromatic N) is 1. The molecule has 0 spiro atoms. The molecule has 1 aliphatic carbocycles. The summed E-state index contributed by atoms with van der Waals surface area (Å²) in [6, 6.07) is 17.1. The summed E-state index contributed by atoms with van der Waals surface area (Å²) in [5.74, 6) is 0.317. The van der Waals surface area contributed by atoms with Gasteiger partial charge in [0.2, 0.25) is 0 Å². The molecule has 1 aliphatic rings. The van der Waals surface area contributed by atoms with E-state index in [1.807, 2.05) is 34.4 Å². The first-order valence-corrected chi connectivity index (χ1v) is 10.1. The van der Waals surface area contributed by atoms with Gasteiger partial charge in [0.1, 0.15) is 5.82 Å². The van der Waals surface area contributed by atoms with Crippen LogP contribution in [0.2, 0.25) is 0 Å². The lowest BCUT2D eigenvalue weighted by atomic mass is 9.90. The molecule has 1 nitrogen and oxygen atoms in total. The van der Waals surface area contributed by atoms with Crippen LogP contribution in [-0.4, -0.2) is 4.98 Å². The van der Waals surface area contributed by atoms with E-state index < -0.39 is 0 Å². The lowest BCUT2D eigenvalue weighted by Crippen LogP contribution is -2.02. The van der Waals surface area contributed by atoms with Crippen LogP contribution < -0.4 is 0 Å². The van der Waals surface area contributed by atoms with E-state index in [0.717, 1.165) is 27.9 Å². The first-order chi connectivity index (χ1) is 12.7. The van der Waals surface area contributed by atoms with Gasteiger partial charge in [0.15, 0.2) is 0 Å². The van der Waals surface area contributed by atoms with Gasteiger partial charge in [-0.3, -0.25) is 4.98 Å². The Morgan fingerprint density at radius 2 is 1.69 bits per heavy atom. The number of benzene rings is 2. The van der Waals surface area contributed by atoms with Gasteiger partial charge in [-0.05, 0) is 58.7 Å². The first-order valence-electron chi connectivity index (χ1n) is 8.81. The minimum atomic E-state index is -0.211. The molecule has 2 aromatic carbocycles. The average molecular weight is 455 g/mol. The Morgan fingerprint density at radius 1 is 1.00 bits per heavy atom. The summed E-state index contributed by atoms with van der Waals surface area (Å²) in [6.45, 7) is 2.12. The molecular weight excluding hydrogens is 436 g/mol. The van der Waals surface area contributed by atoms with Crippen LogP contribution in [0.1, 0.15) is 35.6 Å². The molecule has 130 valence electrons. The second-order valence-electron chi connectivity index (χ2n) is 6.70. The van der Waals surface area contributed by atoms with Gasteiger partial charge in [-0.1, -0.05) is 65.1 Å². The molecule has 0 saturated heterocycles. The highest BCUT2D eigenvalue weighted by molar-refractivity contribution is 14.1. The van der Waals surface area contributed by atoms with Crippen LogP contribution >= 0.6 is 22.6 Å². The topological polar surface area (TPSA) is 12.9 Å². The third kappa shape index (κ3) is 3.32. The van der Waals surface area contributed by atoms with Crippen molar-refractivity contribution in [3.05, 3.63) is 81.3 Å². The predicted octanol–water partition coefficient (Wildman–Crippen LogP) is 7.15. The van der Waals surface area contributed by atoms with Crippen molar-refractivity contribution in [1.82, 2.24) is 4.98 Å². The van der Waals surface area contributed by atoms with E-state index in [1.165, 1.54) is 36.2 Å². The Balaban J connectivity index is 2.03. The van der Waals surface area contributed by atoms with Crippen molar-refractivity contribution >= 4 is 28.7 Å². The summed E-state index contributed by atoms with van der Waals surface area (Å²) in [4.78, 5) is 5.10. The smallest absolute Gasteiger partial charge is 0.123 e. The summed E-state index contributed by atoms with van der Waals surface area (Å²) in [7, 11) is 0. The van der Waals surface area contributed by atoms with Crippen molar-refractivity contribution in [2.75, 3.05) is 0 Å². The predicted molar refractivity (Wildman–Crippen MR) is 115 cm³/mol.